The van der Waals surface area contributed by atoms with E-state index in [1.165, 1.54) is 42.7 Å². The molecule has 0 saturated heterocycles. The van der Waals surface area contributed by atoms with E-state index in [9.17, 15) is 4.79 Å². The summed E-state index contributed by atoms with van der Waals surface area (Å²) in [7, 11) is -1.96. The zero-order valence-corrected chi connectivity index (χ0v) is 10.2. The van der Waals surface area contributed by atoms with Crippen molar-refractivity contribution >= 4 is 18.9 Å². The number of hydrogen-bond acceptors (Lipinski definition) is 6. The number of hydrogen-bond donors (Lipinski definition) is 4. The van der Waals surface area contributed by atoms with E-state index in [0.717, 1.165) is 0 Å². The normalized spacial score (nSPS) is 9.90. The lowest BCUT2D eigenvalue weighted by Gasteiger charge is -2.08. The summed E-state index contributed by atoms with van der Waals surface area (Å²) in [6.45, 7) is 0. The van der Waals surface area contributed by atoms with Crippen molar-refractivity contribution in [3.05, 3.63) is 48.3 Å². The van der Waals surface area contributed by atoms with E-state index in [2.05, 4.69) is 15.0 Å². The third-order valence-corrected chi connectivity index (χ3v) is 2.34. The van der Waals surface area contributed by atoms with E-state index in [1.54, 1.807) is 0 Å². The monoisotopic (exact) mass is 274 g/mol. The quantitative estimate of drug-likeness (QED) is 0.600. The van der Waals surface area contributed by atoms with Gasteiger partial charge in [-0.25, -0.2) is 0 Å². The molecule has 2 aromatic rings. The lowest BCUT2D eigenvalue weighted by Crippen LogP contribution is -2.20. The molecule has 20 heavy (non-hydrogen) atoms. The van der Waals surface area contributed by atoms with Gasteiger partial charge in [0.25, 0.3) is 5.91 Å². The molecule has 102 valence electrons. The molecule has 0 spiro atoms. The smallest absolute Gasteiger partial charge is 0.511 e. The van der Waals surface area contributed by atoms with Crippen molar-refractivity contribution in [2.45, 2.75) is 0 Å². The van der Waals surface area contributed by atoms with Gasteiger partial charge >= 0.3 is 7.32 Å². The van der Waals surface area contributed by atoms with Gasteiger partial charge in [-0.05, 0) is 24.3 Å². The van der Waals surface area contributed by atoms with Gasteiger partial charge in [-0.2, -0.15) is 0 Å². The first-order valence-electron chi connectivity index (χ1n) is 5.63. The summed E-state index contributed by atoms with van der Waals surface area (Å²) in [4.78, 5) is 15.7. The Morgan fingerprint density at radius 2 is 1.90 bits per heavy atom. The van der Waals surface area contributed by atoms with Crippen molar-refractivity contribution in [1.82, 2.24) is 4.98 Å². The van der Waals surface area contributed by atoms with Crippen LogP contribution in [-0.4, -0.2) is 33.4 Å². The van der Waals surface area contributed by atoms with E-state index >= 15 is 0 Å². The highest BCUT2D eigenvalue weighted by Gasteiger charge is 2.12. The lowest BCUT2D eigenvalue weighted by molar-refractivity contribution is 0.102. The molecule has 1 aromatic carbocycles. The van der Waals surface area contributed by atoms with Gasteiger partial charge in [0.05, 0.1) is 18.1 Å². The van der Waals surface area contributed by atoms with Gasteiger partial charge in [-0.1, -0.05) is 0 Å². The number of aromatic hydroxyl groups is 1. The third kappa shape index (κ3) is 3.71. The fraction of sp³-hybridized carbons (Fsp3) is 0. The van der Waals surface area contributed by atoms with Gasteiger partial charge < -0.3 is 25.1 Å². The number of phenols is 1. The van der Waals surface area contributed by atoms with Crippen molar-refractivity contribution in [3.8, 4) is 11.5 Å². The Hall–Kier alpha value is -2.58. The molecule has 1 aromatic heterocycles. The fourth-order valence-corrected chi connectivity index (χ4v) is 1.49. The summed E-state index contributed by atoms with van der Waals surface area (Å²) in [5.74, 6) is -0.229. The Morgan fingerprint density at radius 1 is 1.20 bits per heavy atom. The molecule has 0 bridgehead atoms. The molecule has 0 aliphatic rings. The molecule has 0 aliphatic carbocycles. The van der Waals surface area contributed by atoms with E-state index in [4.69, 9.17) is 15.2 Å². The molecular formula is C12H11BN2O5. The van der Waals surface area contributed by atoms with Crippen molar-refractivity contribution in [3.63, 3.8) is 0 Å². The summed E-state index contributed by atoms with van der Waals surface area (Å²) >= 11 is 0. The molecule has 0 radical (unpaired) electrons. The first-order valence-corrected chi connectivity index (χ1v) is 5.63. The Bertz CT molecular complexity index is 603. The standard InChI is InChI=1S/C12H11BN2O5/c16-10-3-1-8(2-4-10)12(17)15-9-5-11(7-14-6-9)20-13(18)19/h1-7,16,18-19H,(H,15,17). The molecule has 1 heterocycles. The van der Waals surface area contributed by atoms with Crippen LogP contribution in [-0.2, 0) is 0 Å². The summed E-state index contributed by atoms with van der Waals surface area (Å²) in [5, 5.41) is 29.1. The van der Waals surface area contributed by atoms with Gasteiger partial charge in [0.2, 0.25) is 0 Å². The maximum atomic E-state index is 11.9. The van der Waals surface area contributed by atoms with Gasteiger partial charge in [-0.15, -0.1) is 0 Å². The number of aromatic nitrogens is 1. The number of rotatable bonds is 4. The van der Waals surface area contributed by atoms with E-state index in [-0.39, 0.29) is 11.5 Å². The second-order valence-electron chi connectivity index (χ2n) is 3.85. The molecule has 0 atom stereocenters. The first kappa shape index (κ1) is 13.8. The molecule has 7 nitrogen and oxygen atoms in total. The number of anilines is 1. The van der Waals surface area contributed by atoms with Crippen LogP contribution < -0.4 is 9.97 Å². The maximum absolute atomic E-state index is 11.9. The van der Waals surface area contributed by atoms with Crippen LogP contribution in [0, 0.1) is 0 Å². The Labute approximate surface area is 114 Å². The van der Waals surface area contributed by atoms with Crippen LogP contribution in [0.1, 0.15) is 10.4 Å². The van der Waals surface area contributed by atoms with Crippen LogP contribution in [0.4, 0.5) is 5.69 Å². The number of carbonyl (C=O) groups excluding carboxylic acids is 1. The van der Waals surface area contributed by atoms with Gasteiger partial charge in [0.15, 0.2) is 0 Å². The van der Waals surface area contributed by atoms with Crippen LogP contribution in [0.2, 0.25) is 0 Å². The molecule has 8 heteroatoms. The largest absolute Gasteiger partial charge is 0.707 e. The maximum Gasteiger partial charge on any atom is 0.707 e. The van der Waals surface area contributed by atoms with Crippen LogP contribution in [0.3, 0.4) is 0 Å². The van der Waals surface area contributed by atoms with Gasteiger partial charge in [-0.3, -0.25) is 9.78 Å². The first-order chi connectivity index (χ1) is 9.54. The molecule has 0 fully saturated rings. The molecular weight excluding hydrogens is 263 g/mol. The van der Waals surface area contributed by atoms with Crippen LogP contribution in [0.15, 0.2) is 42.7 Å². The number of amides is 1. The molecule has 1 amide bonds. The Morgan fingerprint density at radius 3 is 2.55 bits per heavy atom. The zero-order valence-electron chi connectivity index (χ0n) is 10.2. The van der Waals surface area contributed by atoms with Crippen molar-refractivity contribution in [2.75, 3.05) is 5.32 Å². The van der Waals surface area contributed by atoms with Gasteiger partial charge in [0.1, 0.15) is 11.5 Å². The van der Waals surface area contributed by atoms with Crippen LogP contribution in [0.5, 0.6) is 11.5 Å². The predicted octanol–water partition coefficient (Wildman–Crippen LogP) is 0.388. The topological polar surface area (TPSA) is 112 Å². The highest BCUT2D eigenvalue weighted by atomic mass is 16.6. The number of benzene rings is 1. The zero-order chi connectivity index (χ0) is 14.5. The molecule has 0 unspecified atom stereocenters. The number of nitrogens with zero attached hydrogens (tertiary/aromatic N) is 1. The van der Waals surface area contributed by atoms with E-state index in [0.29, 0.717) is 11.3 Å². The second kappa shape index (κ2) is 6.05. The van der Waals surface area contributed by atoms with Gasteiger partial charge in [0, 0.05) is 11.6 Å². The number of phenolic OH excluding ortho intramolecular Hbond substituents is 1. The number of pyridine rings is 1. The van der Waals surface area contributed by atoms with Crippen molar-refractivity contribution in [2.24, 2.45) is 0 Å². The van der Waals surface area contributed by atoms with E-state index in [1.807, 2.05) is 0 Å². The van der Waals surface area contributed by atoms with Crippen LogP contribution >= 0.6 is 0 Å². The van der Waals surface area contributed by atoms with Crippen molar-refractivity contribution < 1.29 is 24.6 Å². The lowest BCUT2D eigenvalue weighted by atomic mass is 10.2. The van der Waals surface area contributed by atoms with E-state index < -0.39 is 13.2 Å². The molecule has 0 aliphatic heterocycles. The van der Waals surface area contributed by atoms with Crippen molar-refractivity contribution in [1.29, 1.82) is 0 Å². The second-order valence-corrected chi connectivity index (χ2v) is 3.85. The highest BCUT2D eigenvalue weighted by Crippen LogP contribution is 2.17. The highest BCUT2D eigenvalue weighted by molar-refractivity contribution is 6.33. The molecule has 4 N–H and O–H groups in total. The fourth-order valence-electron chi connectivity index (χ4n) is 1.49. The number of carbonyl (C=O) groups is 1. The number of nitrogens with one attached hydrogen (secondary N) is 1. The van der Waals surface area contributed by atoms with Crippen LogP contribution in [0.25, 0.3) is 0 Å². The summed E-state index contributed by atoms with van der Waals surface area (Å²) in [5.41, 5.74) is 0.692. The minimum atomic E-state index is -1.96. The average molecular weight is 274 g/mol. The Balaban J connectivity index is 2.09. The molecule has 2 rings (SSSR count). The Kier molecular flexibility index (Phi) is 4.19. The SMILES string of the molecule is O=C(Nc1cncc(OB(O)O)c1)c1ccc(O)cc1. The molecule has 0 saturated carbocycles. The summed E-state index contributed by atoms with van der Waals surface area (Å²) < 4.78 is 4.62. The summed E-state index contributed by atoms with van der Waals surface area (Å²) in [6, 6.07) is 7.13. The third-order valence-electron chi connectivity index (χ3n) is 2.34. The average Bonchev–Trinajstić information content (AvgIpc) is 2.39. The summed E-state index contributed by atoms with van der Waals surface area (Å²) in [6.07, 6.45) is 2.66. The minimum absolute atomic E-state index is 0.0653. The predicted molar refractivity (Wildman–Crippen MR) is 71.1 cm³/mol. The minimum Gasteiger partial charge on any atom is -0.511 e.